The molecular weight excluding hydrogens is 224 g/mol. The van der Waals surface area contributed by atoms with E-state index in [1.54, 1.807) is 0 Å². The highest BCUT2D eigenvalue weighted by atomic mass is 28.3. The lowest BCUT2D eigenvalue weighted by atomic mass is 10.5. The Labute approximate surface area is 101 Å². The zero-order valence-electron chi connectivity index (χ0n) is 10.7. The summed E-state index contributed by atoms with van der Waals surface area (Å²) in [6, 6.07) is 0. The van der Waals surface area contributed by atoms with Crippen LogP contribution in [0.1, 0.15) is 20.3 Å². The van der Waals surface area contributed by atoms with Crippen molar-refractivity contribution in [3.8, 4) is 0 Å². The standard InChI is InChI=1S/C6H11O2.C5H14O2Si/c1-2-3-7-4-6-5-8-6;1-4-6-8(3)7-5-2/h6H,1-5H2;8H,4-5H2,1-3H3. The molecule has 0 aromatic heterocycles. The van der Waals surface area contributed by atoms with E-state index in [1.165, 1.54) is 0 Å². The van der Waals surface area contributed by atoms with Crippen molar-refractivity contribution in [1.29, 1.82) is 0 Å². The monoisotopic (exact) mass is 249 g/mol. The molecule has 1 rings (SSSR count). The molecule has 1 heterocycles. The lowest BCUT2D eigenvalue weighted by molar-refractivity contribution is 0.120. The number of epoxide rings is 1. The molecule has 97 valence electrons. The maximum Gasteiger partial charge on any atom is 0.318 e. The molecule has 1 unspecified atom stereocenters. The molecule has 5 heteroatoms. The van der Waals surface area contributed by atoms with Gasteiger partial charge in [0, 0.05) is 19.8 Å². The maximum atomic E-state index is 5.20. The van der Waals surface area contributed by atoms with Gasteiger partial charge in [-0.15, -0.1) is 0 Å². The van der Waals surface area contributed by atoms with Crippen molar-refractivity contribution < 1.29 is 18.3 Å². The van der Waals surface area contributed by atoms with Gasteiger partial charge in [0.15, 0.2) is 0 Å². The van der Waals surface area contributed by atoms with Crippen LogP contribution < -0.4 is 0 Å². The summed E-state index contributed by atoms with van der Waals surface area (Å²) >= 11 is 0. The summed E-state index contributed by atoms with van der Waals surface area (Å²) in [6.07, 6.45) is 1.26. The van der Waals surface area contributed by atoms with E-state index in [0.29, 0.717) is 6.10 Å². The number of hydrogen-bond acceptors (Lipinski definition) is 4. The minimum atomic E-state index is -1.20. The molecule has 0 amide bonds. The van der Waals surface area contributed by atoms with Crippen LogP contribution in [0.2, 0.25) is 6.55 Å². The summed E-state index contributed by atoms with van der Waals surface area (Å²) in [5.41, 5.74) is 0. The van der Waals surface area contributed by atoms with Crippen LogP contribution in [-0.4, -0.2) is 48.4 Å². The van der Waals surface area contributed by atoms with Crippen LogP contribution in [0, 0.1) is 6.92 Å². The molecule has 0 N–H and O–H groups in total. The average Bonchev–Trinajstić information content (AvgIpc) is 3.04. The van der Waals surface area contributed by atoms with E-state index in [0.717, 1.165) is 39.5 Å². The van der Waals surface area contributed by atoms with E-state index in [-0.39, 0.29) is 0 Å². The van der Waals surface area contributed by atoms with Gasteiger partial charge in [-0.2, -0.15) is 0 Å². The first-order valence-corrected chi connectivity index (χ1v) is 8.06. The lowest BCUT2D eigenvalue weighted by Crippen LogP contribution is -2.17. The molecule has 4 nitrogen and oxygen atoms in total. The SMILES string of the molecule is CCO[SiH](C)OCC.[CH2]CCOCC1CO1. The molecule has 1 radical (unpaired) electrons. The fourth-order valence-electron chi connectivity index (χ4n) is 0.999. The molecule has 0 bridgehead atoms. The molecular formula is C11H25O4Si. The lowest BCUT2D eigenvalue weighted by Gasteiger charge is -2.07. The largest absolute Gasteiger partial charge is 0.397 e. The Morgan fingerprint density at radius 3 is 2.25 bits per heavy atom. The second-order valence-electron chi connectivity index (χ2n) is 3.36. The molecule has 0 aliphatic carbocycles. The van der Waals surface area contributed by atoms with Gasteiger partial charge in [-0.3, -0.25) is 0 Å². The molecule has 0 saturated carbocycles. The van der Waals surface area contributed by atoms with Crippen molar-refractivity contribution in [2.75, 3.05) is 33.0 Å². The molecule has 1 fully saturated rings. The molecule has 1 aliphatic heterocycles. The predicted octanol–water partition coefficient (Wildman–Crippen LogP) is 1.54. The molecule has 0 aromatic rings. The maximum absolute atomic E-state index is 5.20. The second kappa shape index (κ2) is 11.5. The Morgan fingerprint density at radius 2 is 1.88 bits per heavy atom. The number of ether oxygens (including phenoxy) is 2. The third kappa shape index (κ3) is 12.1. The van der Waals surface area contributed by atoms with E-state index in [1.807, 2.05) is 20.4 Å². The summed E-state index contributed by atoms with van der Waals surface area (Å²) < 4.78 is 20.4. The first-order valence-electron chi connectivity index (χ1n) is 5.96. The van der Waals surface area contributed by atoms with Crippen molar-refractivity contribution in [2.45, 2.75) is 32.9 Å². The molecule has 1 saturated heterocycles. The summed E-state index contributed by atoms with van der Waals surface area (Å²) in [7, 11) is -1.20. The fraction of sp³-hybridized carbons (Fsp3) is 0.909. The van der Waals surface area contributed by atoms with E-state index in [4.69, 9.17) is 18.3 Å². The van der Waals surface area contributed by atoms with E-state index < -0.39 is 9.28 Å². The zero-order valence-corrected chi connectivity index (χ0v) is 11.9. The van der Waals surface area contributed by atoms with Gasteiger partial charge in [-0.05, 0) is 26.8 Å². The van der Waals surface area contributed by atoms with Crippen LogP contribution in [0.3, 0.4) is 0 Å². The minimum Gasteiger partial charge on any atom is -0.397 e. The van der Waals surface area contributed by atoms with Crippen LogP contribution in [-0.2, 0) is 18.3 Å². The van der Waals surface area contributed by atoms with Gasteiger partial charge in [-0.25, -0.2) is 0 Å². The van der Waals surface area contributed by atoms with Crippen LogP contribution in [0.4, 0.5) is 0 Å². The van der Waals surface area contributed by atoms with E-state index in [2.05, 4.69) is 6.92 Å². The fourth-order valence-corrected chi connectivity index (χ4v) is 2.03. The highest BCUT2D eigenvalue weighted by Crippen LogP contribution is 2.08. The quantitative estimate of drug-likeness (QED) is 0.372. The van der Waals surface area contributed by atoms with Gasteiger partial charge in [-0.1, -0.05) is 6.92 Å². The molecule has 1 atom stereocenters. The highest BCUT2D eigenvalue weighted by Gasteiger charge is 2.21. The van der Waals surface area contributed by atoms with Crippen molar-refractivity contribution >= 4 is 9.28 Å². The Hall–Kier alpha value is 0.0569. The molecule has 16 heavy (non-hydrogen) atoms. The first-order chi connectivity index (χ1) is 7.74. The average molecular weight is 249 g/mol. The number of rotatable bonds is 8. The predicted molar refractivity (Wildman–Crippen MR) is 66.8 cm³/mol. The second-order valence-corrected chi connectivity index (χ2v) is 5.16. The van der Waals surface area contributed by atoms with Crippen LogP contribution in [0.5, 0.6) is 0 Å². The third-order valence-electron chi connectivity index (χ3n) is 1.80. The van der Waals surface area contributed by atoms with E-state index in [9.17, 15) is 0 Å². The summed E-state index contributed by atoms with van der Waals surface area (Å²) in [6.45, 7) is 13.6. The van der Waals surface area contributed by atoms with Gasteiger partial charge in [0.05, 0.1) is 13.2 Å². The van der Waals surface area contributed by atoms with Gasteiger partial charge >= 0.3 is 9.28 Å². The van der Waals surface area contributed by atoms with Gasteiger partial charge < -0.3 is 18.3 Å². The van der Waals surface area contributed by atoms with Crippen molar-refractivity contribution in [3.63, 3.8) is 0 Å². The normalized spacial score (nSPS) is 18.2. The van der Waals surface area contributed by atoms with Crippen molar-refractivity contribution in [1.82, 2.24) is 0 Å². The zero-order chi connectivity index (χ0) is 12.2. The van der Waals surface area contributed by atoms with Gasteiger partial charge in [0.25, 0.3) is 0 Å². The molecule has 0 aromatic carbocycles. The number of hydrogen-bond donors (Lipinski definition) is 0. The highest BCUT2D eigenvalue weighted by molar-refractivity contribution is 6.42. The Balaban J connectivity index is 0.000000281. The summed E-state index contributed by atoms with van der Waals surface area (Å²) in [4.78, 5) is 0. The Morgan fingerprint density at radius 1 is 1.31 bits per heavy atom. The molecule has 0 spiro atoms. The first kappa shape index (κ1) is 16.1. The third-order valence-corrected chi connectivity index (χ3v) is 3.40. The Kier molecular flexibility index (Phi) is 11.6. The van der Waals surface area contributed by atoms with Crippen LogP contribution in [0.15, 0.2) is 0 Å². The van der Waals surface area contributed by atoms with Gasteiger partial charge in [0.1, 0.15) is 6.10 Å². The van der Waals surface area contributed by atoms with Crippen molar-refractivity contribution in [2.24, 2.45) is 0 Å². The summed E-state index contributed by atoms with van der Waals surface area (Å²) in [5, 5.41) is 0. The van der Waals surface area contributed by atoms with Crippen LogP contribution in [0.25, 0.3) is 0 Å². The minimum absolute atomic E-state index is 0.404. The summed E-state index contributed by atoms with van der Waals surface area (Å²) in [5.74, 6) is 0. The Bertz CT molecular complexity index is 136. The smallest absolute Gasteiger partial charge is 0.318 e. The van der Waals surface area contributed by atoms with E-state index >= 15 is 0 Å². The van der Waals surface area contributed by atoms with Crippen LogP contribution >= 0.6 is 0 Å². The topological polar surface area (TPSA) is 40.2 Å². The van der Waals surface area contributed by atoms with Crippen molar-refractivity contribution in [3.05, 3.63) is 6.92 Å². The molecule has 1 aliphatic rings. The van der Waals surface area contributed by atoms with Gasteiger partial charge in [0.2, 0.25) is 0 Å².